The van der Waals surface area contributed by atoms with Crippen molar-refractivity contribution >= 4 is 6.08 Å². The topological polar surface area (TPSA) is 30.5 Å². The van der Waals surface area contributed by atoms with Gasteiger partial charge in [0.05, 0.1) is 13.7 Å². The highest BCUT2D eigenvalue weighted by atomic mass is 16.5. The number of methoxy groups -OCH3 is 1. The predicted molar refractivity (Wildman–Crippen MR) is 81.0 cm³/mol. The van der Waals surface area contributed by atoms with Crippen LogP contribution < -0.4 is 14.8 Å². The van der Waals surface area contributed by atoms with Crippen molar-refractivity contribution in [3.05, 3.63) is 29.3 Å². The van der Waals surface area contributed by atoms with E-state index in [0.717, 1.165) is 23.6 Å². The molecular formula is C16H25NO2. The molecule has 106 valence electrons. The van der Waals surface area contributed by atoms with Crippen molar-refractivity contribution in [1.29, 1.82) is 0 Å². The maximum Gasteiger partial charge on any atom is 0.161 e. The fourth-order valence-corrected chi connectivity index (χ4v) is 1.75. The third kappa shape index (κ3) is 5.35. The average molecular weight is 263 g/mol. The van der Waals surface area contributed by atoms with Crippen molar-refractivity contribution in [3.8, 4) is 11.5 Å². The first kappa shape index (κ1) is 15.6. The second kappa shape index (κ2) is 7.85. The second-order valence-corrected chi connectivity index (χ2v) is 4.87. The lowest BCUT2D eigenvalue weighted by Crippen LogP contribution is -2.24. The van der Waals surface area contributed by atoms with Crippen LogP contribution in [0, 0.1) is 0 Å². The summed E-state index contributed by atoms with van der Waals surface area (Å²) in [7, 11) is 1.67. The average Bonchev–Trinajstić information content (AvgIpc) is 2.38. The third-order valence-electron chi connectivity index (χ3n) is 2.69. The molecule has 0 fully saturated rings. The van der Waals surface area contributed by atoms with Crippen LogP contribution in [0.1, 0.15) is 33.3 Å². The molecule has 0 radical (unpaired) electrons. The van der Waals surface area contributed by atoms with Crippen LogP contribution in [-0.4, -0.2) is 26.3 Å². The molecule has 0 saturated heterocycles. The Kier molecular flexibility index (Phi) is 6.43. The highest BCUT2D eigenvalue weighted by molar-refractivity contribution is 5.58. The fraction of sp³-hybridized carbons (Fsp3) is 0.500. The van der Waals surface area contributed by atoms with Gasteiger partial charge in [-0.3, -0.25) is 0 Å². The van der Waals surface area contributed by atoms with Crippen LogP contribution in [0.25, 0.3) is 6.08 Å². The molecule has 0 amide bonds. The van der Waals surface area contributed by atoms with Crippen molar-refractivity contribution in [3.63, 3.8) is 0 Å². The number of nitrogens with one attached hydrogen (secondary N) is 1. The third-order valence-corrected chi connectivity index (χ3v) is 2.69. The van der Waals surface area contributed by atoms with Gasteiger partial charge in [0.25, 0.3) is 0 Å². The molecule has 0 saturated carbocycles. The SMILES string of the molecule is CCOc1ccc(C=C(C)CNC(C)C)cc1OC. The van der Waals surface area contributed by atoms with Crippen LogP contribution >= 0.6 is 0 Å². The van der Waals surface area contributed by atoms with E-state index in [1.807, 2.05) is 25.1 Å². The maximum atomic E-state index is 5.51. The molecule has 0 aliphatic rings. The summed E-state index contributed by atoms with van der Waals surface area (Å²) < 4.78 is 10.9. The van der Waals surface area contributed by atoms with E-state index in [4.69, 9.17) is 9.47 Å². The zero-order chi connectivity index (χ0) is 14.3. The number of hydrogen-bond donors (Lipinski definition) is 1. The van der Waals surface area contributed by atoms with E-state index in [0.29, 0.717) is 12.6 Å². The first-order valence-corrected chi connectivity index (χ1v) is 6.78. The van der Waals surface area contributed by atoms with Crippen LogP contribution in [0.5, 0.6) is 11.5 Å². The van der Waals surface area contributed by atoms with Crippen molar-refractivity contribution in [2.75, 3.05) is 20.3 Å². The molecule has 0 spiro atoms. The molecule has 1 rings (SSSR count). The number of hydrogen-bond acceptors (Lipinski definition) is 3. The van der Waals surface area contributed by atoms with E-state index in [1.165, 1.54) is 5.57 Å². The van der Waals surface area contributed by atoms with Crippen LogP contribution in [0.3, 0.4) is 0 Å². The molecule has 0 aliphatic carbocycles. The van der Waals surface area contributed by atoms with Crippen LogP contribution in [0.15, 0.2) is 23.8 Å². The Bertz CT molecular complexity index is 425. The van der Waals surface area contributed by atoms with Gasteiger partial charge in [0, 0.05) is 12.6 Å². The van der Waals surface area contributed by atoms with Gasteiger partial charge in [-0.2, -0.15) is 0 Å². The summed E-state index contributed by atoms with van der Waals surface area (Å²) in [6.07, 6.45) is 2.16. The van der Waals surface area contributed by atoms with Crippen molar-refractivity contribution in [2.24, 2.45) is 0 Å². The van der Waals surface area contributed by atoms with Crippen molar-refractivity contribution in [1.82, 2.24) is 5.32 Å². The zero-order valence-electron chi connectivity index (χ0n) is 12.6. The molecule has 3 nitrogen and oxygen atoms in total. The Morgan fingerprint density at radius 2 is 2.05 bits per heavy atom. The van der Waals surface area contributed by atoms with Crippen molar-refractivity contribution in [2.45, 2.75) is 33.7 Å². The van der Waals surface area contributed by atoms with Crippen LogP contribution in [0.2, 0.25) is 0 Å². The standard InChI is InChI=1S/C16H25NO2/c1-6-19-15-8-7-14(10-16(15)18-5)9-13(4)11-17-12(2)3/h7-10,12,17H,6,11H2,1-5H3. The first-order chi connectivity index (χ1) is 9.06. The summed E-state index contributed by atoms with van der Waals surface area (Å²) in [5.74, 6) is 1.57. The normalized spacial score (nSPS) is 11.8. The van der Waals surface area contributed by atoms with Gasteiger partial charge in [-0.25, -0.2) is 0 Å². The predicted octanol–water partition coefficient (Wildman–Crippen LogP) is 3.50. The quantitative estimate of drug-likeness (QED) is 0.816. The minimum atomic E-state index is 0.498. The molecule has 1 N–H and O–H groups in total. The Morgan fingerprint density at radius 1 is 1.32 bits per heavy atom. The molecule has 1 aromatic carbocycles. The van der Waals surface area contributed by atoms with E-state index in [9.17, 15) is 0 Å². The Labute approximate surface area is 116 Å². The lowest BCUT2D eigenvalue weighted by atomic mass is 10.1. The largest absolute Gasteiger partial charge is 0.493 e. The summed E-state index contributed by atoms with van der Waals surface area (Å²) in [6.45, 7) is 9.92. The van der Waals surface area contributed by atoms with Crippen LogP contribution in [-0.2, 0) is 0 Å². The number of rotatable bonds is 7. The monoisotopic (exact) mass is 263 g/mol. The molecule has 1 aromatic rings. The second-order valence-electron chi connectivity index (χ2n) is 4.87. The first-order valence-electron chi connectivity index (χ1n) is 6.78. The van der Waals surface area contributed by atoms with Gasteiger partial charge in [0.2, 0.25) is 0 Å². The van der Waals surface area contributed by atoms with Gasteiger partial charge in [-0.05, 0) is 31.5 Å². The van der Waals surface area contributed by atoms with Gasteiger partial charge in [-0.1, -0.05) is 31.6 Å². The molecule has 0 heterocycles. The molecule has 0 aliphatic heterocycles. The summed E-state index contributed by atoms with van der Waals surface area (Å²) >= 11 is 0. The molecule has 0 bridgehead atoms. The van der Waals surface area contributed by atoms with Gasteiger partial charge in [0.1, 0.15) is 0 Å². The lowest BCUT2D eigenvalue weighted by Gasteiger charge is -2.11. The van der Waals surface area contributed by atoms with E-state index >= 15 is 0 Å². The molecule has 0 aromatic heterocycles. The maximum absolute atomic E-state index is 5.51. The minimum Gasteiger partial charge on any atom is -0.493 e. The van der Waals surface area contributed by atoms with E-state index in [-0.39, 0.29) is 0 Å². The number of benzene rings is 1. The lowest BCUT2D eigenvalue weighted by molar-refractivity contribution is 0.311. The molecule has 3 heteroatoms. The molecular weight excluding hydrogens is 238 g/mol. The van der Waals surface area contributed by atoms with Gasteiger partial charge < -0.3 is 14.8 Å². The van der Waals surface area contributed by atoms with E-state index in [2.05, 4.69) is 32.2 Å². The Morgan fingerprint density at radius 3 is 2.63 bits per heavy atom. The van der Waals surface area contributed by atoms with Gasteiger partial charge in [-0.15, -0.1) is 0 Å². The molecule has 0 atom stereocenters. The highest BCUT2D eigenvalue weighted by Crippen LogP contribution is 2.28. The Hall–Kier alpha value is -1.48. The Balaban J connectivity index is 2.81. The molecule has 0 unspecified atom stereocenters. The summed E-state index contributed by atoms with van der Waals surface area (Å²) in [5.41, 5.74) is 2.42. The summed E-state index contributed by atoms with van der Waals surface area (Å²) in [5, 5.41) is 3.40. The number of ether oxygens (including phenoxy) is 2. The summed E-state index contributed by atoms with van der Waals surface area (Å²) in [4.78, 5) is 0. The smallest absolute Gasteiger partial charge is 0.161 e. The summed E-state index contributed by atoms with van der Waals surface area (Å²) in [6, 6.07) is 6.51. The molecule has 19 heavy (non-hydrogen) atoms. The van der Waals surface area contributed by atoms with Gasteiger partial charge >= 0.3 is 0 Å². The van der Waals surface area contributed by atoms with E-state index in [1.54, 1.807) is 7.11 Å². The highest BCUT2D eigenvalue weighted by Gasteiger charge is 2.04. The minimum absolute atomic E-state index is 0.498. The van der Waals surface area contributed by atoms with Gasteiger partial charge in [0.15, 0.2) is 11.5 Å². The zero-order valence-corrected chi connectivity index (χ0v) is 12.6. The van der Waals surface area contributed by atoms with Crippen LogP contribution in [0.4, 0.5) is 0 Å². The van der Waals surface area contributed by atoms with Crippen molar-refractivity contribution < 1.29 is 9.47 Å². The fourth-order valence-electron chi connectivity index (χ4n) is 1.75. The van der Waals surface area contributed by atoms with E-state index < -0.39 is 0 Å².